The van der Waals surface area contributed by atoms with Crippen LogP contribution in [0.25, 0.3) is 0 Å². The maximum atomic E-state index is 13.3. The van der Waals surface area contributed by atoms with Crippen molar-refractivity contribution in [3.8, 4) is 5.75 Å². The summed E-state index contributed by atoms with van der Waals surface area (Å²) in [7, 11) is 0. The lowest BCUT2D eigenvalue weighted by atomic mass is 9.75. The van der Waals surface area contributed by atoms with Gasteiger partial charge < -0.3 is 14.8 Å². The molecule has 172 valence electrons. The molecular formula is C28H31NO4. The minimum Gasteiger partial charge on any atom is -0.490 e. The molecule has 33 heavy (non-hydrogen) atoms. The van der Waals surface area contributed by atoms with E-state index in [1.165, 1.54) is 5.56 Å². The van der Waals surface area contributed by atoms with Crippen molar-refractivity contribution in [1.29, 1.82) is 0 Å². The molecule has 0 fully saturated rings. The molecule has 4 rings (SSSR count). The molecule has 1 atom stereocenters. The highest BCUT2D eigenvalue weighted by Gasteiger charge is 2.39. The molecule has 1 N–H and O–H groups in total. The second-order valence-electron chi connectivity index (χ2n) is 8.88. The van der Waals surface area contributed by atoms with Crippen molar-refractivity contribution in [2.75, 3.05) is 13.2 Å². The van der Waals surface area contributed by atoms with Crippen molar-refractivity contribution < 1.29 is 19.1 Å². The van der Waals surface area contributed by atoms with Crippen molar-refractivity contribution >= 4 is 11.8 Å². The van der Waals surface area contributed by atoms with Crippen LogP contribution in [0.15, 0.2) is 77.1 Å². The smallest absolute Gasteiger partial charge is 0.336 e. The zero-order chi connectivity index (χ0) is 23.4. The Morgan fingerprint density at radius 1 is 1.03 bits per heavy atom. The molecule has 1 aliphatic carbocycles. The van der Waals surface area contributed by atoms with Crippen LogP contribution in [-0.2, 0) is 14.3 Å². The van der Waals surface area contributed by atoms with Crippen molar-refractivity contribution in [1.82, 2.24) is 5.32 Å². The zero-order valence-corrected chi connectivity index (χ0v) is 19.5. The summed E-state index contributed by atoms with van der Waals surface area (Å²) in [5.41, 5.74) is 5.05. The summed E-state index contributed by atoms with van der Waals surface area (Å²) in [6.07, 6.45) is 2.15. The summed E-state index contributed by atoms with van der Waals surface area (Å²) < 4.78 is 11.3. The molecule has 0 amide bonds. The molecule has 5 nitrogen and oxygen atoms in total. The highest BCUT2D eigenvalue weighted by atomic mass is 16.6. The first-order valence-electron chi connectivity index (χ1n) is 11.6. The van der Waals surface area contributed by atoms with Crippen molar-refractivity contribution in [3.63, 3.8) is 0 Å². The van der Waals surface area contributed by atoms with Crippen LogP contribution in [0, 0.1) is 0 Å². The SMILES string of the molecule is CC1=C(C(=O)OCCOc2ccccc2)C(c2ccc(C(C)C)cc2)C2=C(CCCC2=O)N1. The topological polar surface area (TPSA) is 64.6 Å². The number of ketones is 1. The van der Waals surface area contributed by atoms with Gasteiger partial charge in [0.2, 0.25) is 0 Å². The van der Waals surface area contributed by atoms with Gasteiger partial charge in [0.05, 0.1) is 5.57 Å². The van der Waals surface area contributed by atoms with E-state index in [1.54, 1.807) is 0 Å². The third-order valence-corrected chi connectivity index (χ3v) is 6.26. The van der Waals surface area contributed by atoms with E-state index in [0.29, 0.717) is 23.5 Å². The van der Waals surface area contributed by atoms with E-state index < -0.39 is 11.9 Å². The number of carbonyl (C=O) groups excluding carboxylic acids is 2. The average molecular weight is 446 g/mol. The molecule has 2 aromatic rings. The third kappa shape index (κ3) is 5.03. The quantitative estimate of drug-likeness (QED) is 0.457. The third-order valence-electron chi connectivity index (χ3n) is 6.26. The first-order chi connectivity index (χ1) is 16.0. The Kier molecular flexibility index (Phi) is 6.97. The number of hydrogen-bond acceptors (Lipinski definition) is 5. The van der Waals surface area contributed by atoms with Gasteiger partial charge >= 0.3 is 5.97 Å². The Morgan fingerprint density at radius 2 is 1.76 bits per heavy atom. The summed E-state index contributed by atoms with van der Waals surface area (Å²) in [6, 6.07) is 17.7. The molecule has 2 aliphatic rings. The molecule has 2 aromatic carbocycles. The van der Waals surface area contributed by atoms with E-state index in [1.807, 2.05) is 49.4 Å². The van der Waals surface area contributed by atoms with Gasteiger partial charge in [-0.3, -0.25) is 4.79 Å². The van der Waals surface area contributed by atoms with Gasteiger partial charge in [0.25, 0.3) is 0 Å². The Balaban J connectivity index is 1.57. The molecule has 0 aromatic heterocycles. The minimum atomic E-state index is -0.419. The molecule has 1 aliphatic heterocycles. The fourth-order valence-electron chi connectivity index (χ4n) is 4.55. The maximum absolute atomic E-state index is 13.3. The van der Waals surface area contributed by atoms with E-state index in [9.17, 15) is 9.59 Å². The van der Waals surface area contributed by atoms with Crippen molar-refractivity contribution in [2.24, 2.45) is 0 Å². The van der Waals surface area contributed by atoms with Gasteiger partial charge in [-0.25, -0.2) is 4.79 Å². The summed E-state index contributed by atoms with van der Waals surface area (Å²) in [5, 5.41) is 3.33. The van der Waals surface area contributed by atoms with E-state index in [0.717, 1.165) is 35.5 Å². The fraction of sp³-hybridized carbons (Fsp3) is 0.357. The van der Waals surface area contributed by atoms with Gasteiger partial charge in [-0.15, -0.1) is 0 Å². The fourth-order valence-corrected chi connectivity index (χ4v) is 4.55. The van der Waals surface area contributed by atoms with Gasteiger partial charge in [-0.1, -0.05) is 56.3 Å². The largest absolute Gasteiger partial charge is 0.490 e. The van der Waals surface area contributed by atoms with Gasteiger partial charge in [0, 0.05) is 29.3 Å². The normalized spacial score (nSPS) is 18.2. The summed E-state index contributed by atoms with van der Waals surface area (Å²) in [6.45, 7) is 6.57. The van der Waals surface area contributed by atoms with E-state index in [4.69, 9.17) is 9.47 Å². The van der Waals surface area contributed by atoms with Crippen molar-refractivity contribution in [3.05, 3.63) is 88.3 Å². The summed E-state index contributed by atoms with van der Waals surface area (Å²) in [4.78, 5) is 26.2. The van der Waals surface area contributed by atoms with Gasteiger partial charge in [0.15, 0.2) is 5.78 Å². The number of hydrogen-bond donors (Lipinski definition) is 1. The monoisotopic (exact) mass is 445 g/mol. The highest BCUT2D eigenvalue weighted by molar-refractivity contribution is 6.03. The van der Waals surface area contributed by atoms with Gasteiger partial charge in [-0.2, -0.15) is 0 Å². The highest BCUT2D eigenvalue weighted by Crippen LogP contribution is 2.42. The first-order valence-corrected chi connectivity index (χ1v) is 11.6. The lowest BCUT2D eigenvalue weighted by Gasteiger charge is -2.34. The standard InChI is InChI=1S/C28H31NO4/c1-18(2)20-12-14-21(15-13-20)26-25(19(3)29-23-10-7-11-24(30)27(23)26)28(31)33-17-16-32-22-8-5-4-6-9-22/h4-6,8-9,12-15,18,26,29H,7,10-11,16-17H2,1-3H3. The molecule has 1 unspecified atom stereocenters. The predicted molar refractivity (Wildman–Crippen MR) is 128 cm³/mol. The van der Waals surface area contributed by atoms with Crippen LogP contribution in [0.4, 0.5) is 0 Å². The lowest BCUT2D eigenvalue weighted by Crippen LogP contribution is -2.34. The molecule has 0 saturated carbocycles. The number of rotatable bonds is 7. The Bertz CT molecular complexity index is 1080. The molecule has 5 heteroatoms. The van der Waals surface area contributed by atoms with Crippen LogP contribution >= 0.6 is 0 Å². The lowest BCUT2D eigenvalue weighted by molar-refractivity contribution is -0.140. The predicted octanol–water partition coefficient (Wildman–Crippen LogP) is 5.40. The van der Waals surface area contributed by atoms with Crippen LogP contribution in [0.2, 0.25) is 0 Å². The number of para-hydroxylation sites is 1. The second kappa shape index (κ2) is 10.1. The number of nitrogens with one attached hydrogen (secondary N) is 1. The Hall–Kier alpha value is -3.34. The number of Topliss-reactive ketones (excluding diaryl/α,β-unsaturated/α-hetero) is 1. The van der Waals surface area contributed by atoms with E-state index in [-0.39, 0.29) is 19.0 Å². The minimum absolute atomic E-state index is 0.104. The zero-order valence-electron chi connectivity index (χ0n) is 19.5. The number of carbonyl (C=O) groups is 2. The van der Waals surface area contributed by atoms with E-state index in [2.05, 4.69) is 31.3 Å². The second-order valence-corrected chi connectivity index (χ2v) is 8.88. The van der Waals surface area contributed by atoms with E-state index >= 15 is 0 Å². The molecule has 0 spiro atoms. The number of benzene rings is 2. The van der Waals surface area contributed by atoms with Crippen LogP contribution in [0.3, 0.4) is 0 Å². The average Bonchev–Trinajstić information content (AvgIpc) is 2.81. The maximum Gasteiger partial charge on any atom is 0.336 e. The number of dihydropyridines is 1. The van der Waals surface area contributed by atoms with Gasteiger partial charge in [0.1, 0.15) is 19.0 Å². The first kappa shape index (κ1) is 22.8. The number of ether oxygens (including phenoxy) is 2. The number of allylic oxidation sites excluding steroid dienone is 3. The van der Waals surface area contributed by atoms with Crippen LogP contribution in [0.1, 0.15) is 63.0 Å². The Morgan fingerprint density at radius 3 is 2.45 bits per heavy atom. The van der Waals surface area contributed by atoms with Crippen LogP contribution < -0.4 is 10.1 Å². The van der Waals surface area contributed by atoms with Crippen LogP contribution in [-0.4, -0.2) is 25.0 Å². The molecule has 0 bridgehead atoms. The Labute approximate surface area is 195 Å². The summed E-state index contributed by atoms with van der Waals surface area (Å²) in [5.74, 6) is 0.405. The van der Waals surface area contributed by atoms with Crippen molar-refractivity contribution in [2.45, 2.75) is 51.9 Å². The molecule has 0 saturated heterocycles. The van der Waals surface area contributed by atoms with Crippen LogP contribution in [0.5, 0.6) is 5.75 Å². The molecule has 1 heterocycles. The van der Waals surface area contributed by atoms with Gasteiger partial charge in [-0.05, 0) is 48.9 Å². The molecule has 0 radical (unpaired) electrons. The number of esters is 1. The molecular weight excluding hydrogens is 414 g/mol. The summed E-state index contributed by atoms with van der Waals surface area (Å²) >= 11 is 0.